The summed E-state index contributed by atoms with van der Waals surface area (Å²) in [5, 5.41) is 2.51. The van der Waals surface area contributed by atoms with Gasteiger partial charge in [-0.1, -0.05) is 53.0 Å². The van der Waals surface area contributed by atoms with Gasteiger partial charge >= 0.3 is 0 Å². The van der Waals surface area contributed by atoms with Crippen LogP contribution in [-0.2, 0) is 6.61 Å². The first-order chi connectivity index (χ1) is 10.1. The van der Waals surface area contributed by atoms with E-state index in [0.717, 1.165) is 16.5 Å². The smallest absolute Gasteiger partial charge is 0.136 e. The molecular formula is C16H10Cl3NO. The molecular weight excluding hydrogens is 329 g/mol. The van der Waals surface area contributed by atoms with Gasteiger partial charge in [0.2, 0.25) is 0 Å². The standard InChI is InChI=1S/C16H10Cl3NO/c17-12-6-13(18)8-14(7-12)21-9-11-5-10-3-1-2-4-15(10)20-16(11)19/h1-8H,9H2. The normalized spacial score (nSPS) is 10.8. The maximum atomic E-state index is 6.19. The summed E-state index contributed by atoms with van der Waals surface area (Å²) in [5.74, 6) is 0.594. The molecule has 0 saturated carbocycles. The second kappa shape index (κ2) is 6.10. The summed E-state index contributed by atoms with van der Waals surface area (Å²) in [5.41, 5.74) is 1.67. The van der Waals surface area contributed by atoms with Gasteiger partial charge in [-0.3, -0.25) is 0 Å². The van der Waals surface area contributed by atoms with Crippen LogP contribution < -0.4 is 4.74 Å². The van der Waals surface area contributed by atoms with Crippen LogP contribution in [0.4, 0.5) is 0 Å². The van der Waals surface area contributed by atoms with Gasteiger partial charge in [-0.05, 0) is 30.3 Å². The second-order valence-corrected chi connectivity index (χ2v) is 5.76. The number of benzene rings is 2. The number of rotatable bonds is 3. The number of para-hydroxylation sites is 1. The second-order valence-electron chi connectivity index (χ2n) is 4.52. The largest absolute Gasteiger partial charge is 0.489 e. The fourth-order valence-corrected chi connectivity index (χ4v) is 2.72. The van der Waals surface area contributed by atoms with Crippen molar-refractivity contribution in [2.45, 2.75) is 6.61 Å². The van der Waals surface area contributed by atoms with Crippen molar-refractivity contribution >= 4 is 45.7 Å². The van der Waals surface area contributed by atoms with Gasteiger partial charge in [0, 0.05) is 21.0 Å². The van der Waals surface area contributed by atoms with E-state index in [0.29, 0.717) is 27.6 Å². The van der Waals surface area contributed by atoms with Crippen LogP contribution in [0.5, 0.6) is 5.75 Å². The topological polar surface area (TPSA) is 22.1 Å². The monoisotopic (exact) mass is 337 g/mol. The lowest BCUT2D eigenvalue weighted by Gasteiger charge is -2.09. The number of ether oxygens (including phenoxy) is 1. The zero-order chi connectivity index (χ0) is 14.8. The Bertz CT molecular complexity index is 784. The van der Waals surface area contributed by atoms with Crippen molar-refractivity contribution in [2.75, 3.05) is 0 Å². The third kappa shape index (κ3) is 3.41. The molecule has 0 aliphatic rings. The predicted molar refractivity (Wildman–Crippen MR) is 87.5 cm³/mol. The maximum absolute atomic E-state index is 6.19. The van der Waals surface area contributed by atoms with Crippen LogP contribution in [-0.4, -0.2) is 4.98 Å². The first kappa shape index (κ1) is 14.5. The first-order valence-corrected chi connectivity index (χ1v) is 7.38. The fourth-order valence-electron chi connectivity index (χ4n) is 2.01. The van der Waals surface area contributed by atoms with Crippen molar-refractivity contribution in [2.24, 2.45) is 0 Å². The summed E-state index contributed by atoms with van der Waals surface area (Å²) in [4.78, 5) is 4.36. The minimum Gasteiger partial charge on any atom is -0.489 e. The highest BCUT2D eigenvalue weighted by Gasteiger charge is 2.06. The highest BCUT2D eigenvalue weighted by atomic mass is 35.5. The zero-order valence-electron chi connectivity index (χ0n) is 10.8. The zero-order valence-corrected chi connectivity index (χ0v) is 13.1. The number of hydrogen-bond donors (Lipinski definition) is 0. The molecule has 0 saturated heterocycles. The molecule has 21 heavy (non-hydrogen) atoms. The van der Waals surface area contributed by atoms with Crippen LogP contribution >= 0.6 is 34.8 Å². The molecule has 2 aromatic carbocycles. The lowest BCUT2D eigenvalue weighted by atomic mass is 10.2. The molecule has 1 aromatic heterocycles. The number of fused-ring (bicyclic) bond motifs is 1. The Labute approximate surface area is 137 Å². The molecule has 0 amide bonds. The van der Waals surface area contributed by atoms with E-state index in [-0.39, 0.29) is 0 Å². The molecule has 0 spiro atoms. The van der Waals surface area contributed by atoms with Gasteiger partial charge in [-0.2, -0.15) is 0 Å². The summed E-state index contributed by atoms with van der Waals surface area (Å²) in [7, 11) is 0. The molecule has 3 rings (SSSR count). The van der Waals surface area contributed by atoms with Crippen LogP contribution in [0.1, 0.15) is 5.56 Å². The molecule has 0 atom stereocenters. The molecule has 0 unspecified atom stereocenters. The van der Waals surface area contributed by atoms with Crippen LogP contribution in [0.3, 0.4) is 0 Å². The van der Waals surface area contributed by atoms with E-state index in [1.165, 1.54) is 0 Å². The van der Waals surface area contributed by atoms with E-state index in [9.17, 15) is 0 Å². The minimum atomic E-state index is 0.299. The van der Waals surface area contributed by atoms with Crippen molar-refractivity contribution in [1.29, 1.82) is 0 Å². The summed E-state index contributed by atoms with van der Waals surface area (Å²) in [6.45, 7) is 0.299. The molecule has 0 aliphatic heterocycles. The molecule has 106 valence electrons. The van der Waals surface area contributed by atoms with Gasteiger partial charge in [-0.15, -0.1) is 0 Å². The van der Waals surface area contributed by atoms with E-state index in [1.54, 1.807) is 18.2 Å². The molecule has 0 radical (unpaired) electrons. The highest BCUT2D eigenvalue weighted by molar-refractivity contribution is 6.34. The Morgan fingerprint density at radius 2 is 1.62 bits per heavy atom. The van der Waals surface area contributed by atoms with Crippen LogP contribution in [0.15, 0.2) is 48.5 Å². The summed E-state index contributed by atoms with van der Waals surface area (Å²) < 4.78 is 5.69. The first-order valence-electron chi connectivity index (χ1n) is 6.25. The third-order valence-corrected chi connectivity index (χ3v) is 3.74. The highest BCUT2D eigenvalue weighted by Crippen LogP contribution is 2.26. The van der Waals surface area contributed by atoms with Crippen LogP contribution in [0.2, 0.25) is 15.2 Å². The predicted octanol–water partition coefficient (Wildman–Crippen LogP) is 5.77. The Morgan fingerprint density at radius 1 is 0.905 bits per heavy atom. The molecule has 0 bridgehead atoms. The summed E-state index contributed by atoms with van der Waals surface area (Å²) in [6, 6.07) is 14.8. The Kier molecular flexibility index (Phi) is 4.20. The van der Waals surface area contributed by atoms with Gasteiger partial charge in [0.1, 0.15) is 17.5 Å². The maximum Gasteiger partial charge on any atom is 0.136 e. The SMILES string of the molecule is Clc1cc(Cl)cc(OCc2cc3ccccc3nc2Cl)c1. The molecule has 0 N–H and O–H groups in total. The van der Waals surface area contributed by atoms with E-state index in [1.807, 2.05) is 30.3 Å². The molecule has 0 fully saturated rings. The quantitative estimate of drug-likeness (QED) is 0.565. The van der Waals surface area contributed by atoms with Crippen molar-refractivity contribution in [1.82, 2.24) is 4.98 Å². The van der Waals surface area contributed by atoms with Gasteiger partial charge in [-0.25, -0.2) is 4.98 Å². The number of pyridine rings is 1. The van der Waals surface area contributed by atoms with E-state index in [2.05, 4.69) is 4.98 Å². The van der Waals surface area contributed by atoms with Crippen molar-refractivity contribution < 1.29 is 4.74 Å². The number of hydrogen-bond acceptors (Lipinski definition) is 2. The number of nitrogens with zero attached hydrogens (tertiary/aromatic N) is 1. The van der Waals surface area contributed by atoms with Crippen molar-refractivity contribution in [3.05, 3.63) is 69.3 Å². The van der Waals surface area contributed by atoms with Gasteiger partial charge in [0.25, 0.3) is 0 Å². The van der Waals surface area contributed by atoms with Crippen LogP contribution in [0.25, 0.3) is 10.9 Å². The van der Waals surface area contributed by atoms with Crippen LogP contribution in [0, 0.1) is 0 Å². The lowest BCUT2D eigenvalue weighted by Crippen LogP contribution is -1.98. The molecule has 2 nitrogen and oxygen atoms in total. The van der Waals surface area contributed by atoms with Gasteiger partial charge < -0.3 is 4.74 Å². The summed E-state index contributed by atoms with van der Waals surface area (Å²) in [6.07, 6.45) is 0. The minimum absolute atomic E-state index is 0.299. The van der Waals surface area contributed by atoms with Crippen molar-refractivity contribution in [3.63, 3.8) is 0 Å². The van der Waals surface area contributed by atoms with Gasteiger partial charge in [0.15, 0.2) is 0 Å². The van der Waals surface area contributed by atoms with E-state index in [4.69, 9.17) is 39.5 Å². The Morgan fingerprint density at radius 3 is 2.38 bits per heavy atom. The molecule has 3 aromatic rings. The Hall–Kier alpha value is -1.48. The average Bonchev–Trinajstić information content (AvgIpc) is 2.44. The van der Waals surface area contributed by atoms with E-state index < -0.39 is 0 Å². The number of aromatic nitrogens is 1. The van der Waals surface area contributed by atoms with Gasteiger partial charge in [0.05, 0.1) is 5.52 Å². The van der Waals surface area contributed by atoms with E-state index >= 15 is 0 Å². The lowest BCUT2D eigenvalue weighted by molar-refractivity contribution is 0.306. The third-order valence-electron chi connectivity index (χ3n) is 2.98. The molecule has 5 heteroatoms. The van der Waals surface area contributed by atoms with Crippen molar-refractivity contribution in [3.8, 4) is 5.75 Å². The Balaban J connectivity index is 1.86. The average molecular weight is 339 g/mol. The fraction of sp³-hybridized carbons (Fsp3) is 0.0625. The molecule has 1 heterocycles. The molecule has 0 aliphatic carbocycles. The number of halogens is 3. The summed E-state index contributed by atoms with van der Waals surface area (Å²) >= 11 is 18.1.